The number of fused-ring (bicyclic) bond motifs is 1. The highest BCUT2D eigenvalue weighted by atomic mass is 35.5. The van der Waals surface area contributed by atoms with Crippen molar-refractivity contribution >= 4 is 29.0 Å². The molecule has 0 saturated heterocycles. The maximum Gasteiger partial charge on any atom is 0.197 e. The summed E-state index contributed by atoms with van der Waals surface area (Å²) < 4.78 is 0. The monoisotopic (exact) mass is 456 g/mol. The molecule has 2 aliphatic heterocycles. The van der Waals surface area contributed by atoms with E-state index in [9.17, 15) is 0 Å². The second kappa shape index (κ2) is 10.4. The molecule has 0 aliphatic carbocycles. The summed E-state index contributed by atoms with van der Waals surface area (Å²) in [5.41, 5.74) is 4.41. The Morgan fingerprint density at radius 3 is 2.65 bits per heavy atom. The summed E-state index contributed by atoms with van der Waals surface area (Å²) in [7, 11) is 0. The first-order valence-corrected chi connectivity index (χ1v) is 12.0. The number of aryl methyl sites for hydroxylation is 1. The van der Waals surface area contributed by atoms with E-state index in [-0.39, 0.29) is 5.62 Å². The van der Waals surface area contributed by atoms with Crippen molar-refractivity contribution in [2.75, 3.05) is 19.8 Å². The number of amidine groups is 1. The lowest BCUT2D eigenvalue weighted by Crippen LogP contribution is -2.45. The fourth-order valence-electron chi connectivity index (χ4n) is 4.18. The lowest BCUT2D eigenvalue weighted by Gasteiger charge is -2.36. The van der Waals surface area contributed by atoms with Gasteiger partial charge in [-0.2, -0.15) is 0 Å². The fraction of sp³-hybridized carbons (Fsp3) is 0.400. The van der Waals surface area contributed by atoms with Gasteiger partial charge in [0.1, 0.15) is 0 Å². The Hall–Kier alpha value is -2.17. The Kier molecular flexibility index (Phi) is 7.41. The summed E-state index contributed by atoms with van der Waals surface area (Å²) >= 11 is 12.4. The van der Waals surface area contributed by atoms with Crippen molar-refractivity contribution in [3.63, 3.8) is 0 Å². The van der Waals surface area contributed by atoms with E-state index in [0.717, 1.165) is 54.7 Å². The van der Waals surface area contributed by atoms with Gasteiger partial charge in [-0.05, 0) is 48.1 Å². The van der Waals surface area contributed by atoms with E-state index in [1.165, 1.54) is 30.4 Å². The Labute approximate surface area is 195 Å². The Balaban J connectivity index is 1.36. The van der Waals surface area contributed by atoms with Crippen molar-refractivity contribution < 1.29 is 0 Å². The number of unbranched alkanes of at least 4 members (excludes halogenated alkanes) is 2. The van der Waals surface area contributed by atoms with Gasteiger partial charge in [-0.1, -0.05) is 79.4 Å². The van der Waals surface area contributed by atoms with Crippen molar-refractivity contribution in [3.8, 4) is 11.1 Å². The van der Waals surface area contributed by atoms with Gasteiger partial charge >= 0.3 is 0 Å². The van der Waals surface area contributed by atoms with Crippen LogP contribution in [0.4, 0.5) is 0 Å². The topological polar surface area (TPSA) is 30.9 Å². The van der Waals surface area contributed by atoms with Crippen LogP contribution in [-0.4, -0.2) is 41.0 Å². The second-order valence-electron chi connectivity index (χ2n) is 8.21. The summed E-state index contributed by atoms with van der Waals surface area (Å²) in [5.74, 6) is 1.02. The van der Waals surface area contributed by atoms with Crippen molar-refractivity contribution in [1.82, 2.24) is 15.1 Å². The summed E-state index contributed by atoms with van der Waals surface area (Å²) in [5, 5.41) is 4.04. The molecule has 2 aromatic rings. The third-order valence-corrected chi connectivity index (χ3v) is 6.18. The zero-order chi connectivity index (χ0) is 21.6. The van der Waals surface area contributed by atoms with Crippen molar-refractivity contribution in [2.24, 2.45) is 4.99 Å². The van der Waals surface area contributed by atoms with Crippen molar-refractivity contribution in [2.45, 2.75) is 44.7 Å². The lowest BCUT2D eigenvalue weighted by molar-refractivity contribution is 0.230. The van der Waals surface area contributed by atoms with Gasteiger partial charge in [-0.3, -0.25) is 0 Å². The SMILES string of the molecule is CCCCCN1CN(CCCc2cccc(-c3cccc(Cl)c3)c2)C=C2NC(Cl)N=C21. The van der Waals surface area contributed by atoms with E-state index >= 15 is 0 Å². The van der Waals surface area contributed by atoms with Crippen LogP contribution in [0.15, 0.2) is 65.4 Å². The minimum atomic E-state index is -0.357. The number of nitrogens with zero attached hydrogens (tertiary/aromatic N) is 3. The molecule has 31 heavy (non-hydrogen) atoms. The quantitative estimate of drug-likeness (QED) is 0.282. The summed E-state index contributed by atoms with van der Waals surface area (Å²) in [6.07, 6.45) is 7.94. The molecule has 4 nitrogen and oxygen atoms in total. The molecule has 0 radical (unpaired) electrons. The molecule has 2 aliphatic rings. The van der Waals surface area contributed by atoms with Crippen LogP contribution < -0.4 is 5.32 Å². The number of hydrogen-bond acceptors (Lipinski definition) is 4. The molecule has 1 atom stereocenters. The second-order valence-corrected chi connectivity index (χ2v) is 9.06. The van der Waals surface area contributed by atoms with Crippen LogP contribution in [0, 0.1) is 0 Å². The van der Waals surface area contributed by atoms with Gasteiger partial charge < -0.3 is 15.1 Å². The zero-order valence-corrected chi connectivity index (χ0v) is 19.5. The molecular weight excluding hydrogens is 427 g/mol. The average molecular weight is 457 g/mol. The first-order chi connectivity index (χ1) is 15.1. The summed E-state index contributed by atoms with van der Waals surface area (Å²) in [6, 6.07) is 16.8. The van der Waals surface area contributed by atoms with E-state index in [2.05, 4.69) is 63.6 Å². The fourth-order valence-corrected chi connectivity index (χ4v) is 4.58. The molecular formula is C25H30Cl2N4. The molecule has 1 unspecified atom stereocenters. The molecule has 164 valence electrons. The van der Waals surface area contributed by atoms with Crippen molar-refractivity contribution in [3.05, 3.63) is 71.0 Å². The van der Waals surface area contributed by atoms with Crippen LogP contribution in [0.1, 0.15) is 38.2 Å². The largest absolute Gasteiger partial charge is 0.358 e. The maximum absolute atomic E-state index is 6.23. The molecule has 0 saturated carbocycles. The molecule has 0 bridgehead atoms. The Bertz CT molecular complexity index is 956. The van der Waals surface area contributed by atoms with Crippen LogP contribution in [0.25, 0.3) is 11.1 Å². The molecule has 0 aromatic heterocycles. The predicted octanol–water partition coefficient (Wildman–Crippen LogP) is 6.07. The van der Waals surface area contributed by atoms with E-state index < -0.39 is 0 Å². The van der Waals surface area contributed by atoms with Gasteiger partial charge in [-0.25, -0.2) is 4.99 Å². The van der Waals surface area contributed by atoms with Gasteiger partial charge in [0, 0.05) is 24.3 Å². The molecule has 2 aromatic carbocycles. The standard InChI is InChI=1S/C25H30Cl2N4/c1-2-3-4-14-31-18-30(17-23-24(31)29-25(27)28-23)13-7-9-19-8-5-10-20(15-19)21-11-6-12-22(26)16-21/h5-6,8,10-12,15-17,25,28H,2-4,7,9,13-14,18H2,1H3. The van der Waals surface area contributed by atoms with Crippen LogP contribution in [0.5, 0.6) is 0 Å². The normalized spacial score (nSPS) is 17.8. The van der Waals surface area contributed by atoms with E-state index in [1.54, 1.807) is 0 Å². The van der Waals surface area contributed by atoms with Crippen molar-refractivity contribution in [1.29, 1.82) is 0 Å². The van der Waals surface area contributed by atoms with Gasteiger partial charge in [0.05, 0.1) is 12.4 Å². The molecule has 2 heterocycles. The van der Waals surface area contributed by atoms with E-state index in [1.807, 2.05) is 18.2 Å². The smallest absolute Gasteiger partial charge is 0.197 e. The number of hydrogen-bond donors (Lipinski definition) is 1. The minimum absolute atomic E-state index is 0.357. The number of nitrogens with one attached hydrogen (secondary N) is 1. The van der Waals surface area contributed by atoms with Crippen LogP contribution >= 0.6 is 23.2 Å². The number of aliphatic imine (C=N–C) groups is 1. The highest BCUT2D eigenvalue weighted by Crippen LogP contribution is 2.24. The molecule has 4 rings (SSSR count). The molecule has 0 amide bonds. The summed E-state index contributed by atoms with van der Waals surface area (Å²) in [4.78, 5) is 9.31. The van der Waals surface area contributed by atoms with Gasteiger partial charge in [0.15, 0.2) is 11.5 Å². The van der Waals surface area contributed by atoms with E-state index in [4.69, 9.17) is 23.2 Å². The first kappa shape index (κ1) is 22.0. The highest BCUT2D eigenvalue weighted by molar-refractivity contribution is 6.30. The molecule has 0 spiro atoms. The molecule has 0 fully saturated rings. The highest BCUT2D eigenvalue weighted by Gasteiger charge is 2.29. The van der Waals surface area contributed by atoms with Crippen LogP contribution in [0.2, 0.25) is 5.02 Å². The summed E-state index contributed by atoms with van der Waals surface area (Å²) in [6.45, 7) is 5.13. The van der Waals surface area contributed by atoms with Gasteiger partial charge in [-0.15, -0.1) is 0 Å². The average Bonchev–Trinajstić information content (AvgIpc) is 3.14. The third-order valence-electron chi connectivity index (χ3n) is 5.74. The third kappa shape index (κ3) is 5.75. The van der Waals surface area contributed by atoms with Gasteiger partial charge in [0.25, 0.3) is 0 Å². The number of rotatable bonds is 9. The maximum atomic E-state index is 6.23. The number of benzene rings is 2. The predicted molar refractivity (Wildman–Crippen MR) is 131 cm³/mol. The first-order valence-electron chi connectivity index (χ1n) is 11.2. The van der Waals surface area contributed by atoms with Crippen LogP contribution in [0.3, 0.4) is 0 Å². The van der Waals surface area contributed by atoms with E-state index in [0.29, 0.717) is 0 Å². The Morgan fingerprint density at radius 2 is 1.84 bits per heavy atom. The molecule has 6 heteroatoms. The van der Waals surface area contributed by atoms with Crippen LogP contribution in [-0.2, 0) is 6.42 Å². The number of halogens is 2. The number of alkyl halides is 1. The Morgan fingerprint density at radius 1 is 1.03 bits per heavy atom. The van der Waals surface area contributed by atoms with Gasteiger partial charge in [0.2, 0.25) is 0 Å². The minimum Gasteiger partial charge on any atom is -0.358 e. The zero-order valence-electron chi connectivity index (χ0n) is 18.0. The molecule has 1 N–H and O–H groups in total. The lowest BCUT2D eigenvalue weighted by atomic mass is 10.0.